The van der Waals surface area contributed by atoms with Gasteiger partial charge in [-0.25, -0.2) is 0 Å². The van der Waals surface area contributed by atoms with Gasteiger partial charge in [0.2, 0.25) is 0 Å². The molecule has 1 atom stereocenters. The molecule has 134 valence electrons. The molecule has 1 aliphatic rings. The van der Waals surface area contributed by atoms with Crippen molar-refractivity contribution in [2.75, 3.05) is 6.54 Å². The monoisotopic (exact) mass is 355 g/mol. The molecule has 2 amide bonds. The predicted molar refractivity (Wildman–Crippen MR) is 107 cm³/mol. The van der Waals surface area contributed by atoms with E-state index in [1.165, 1.54) is 21.6 Å². The van der Waals surface area contributed by atoms with Gasteiger partial charge in [-0.15, -0.1) is 0 Å². The second kappa shape index (κ2) is 7.20. The Bertz CT molecular complexity index is 942. The lowest BCUT2D eigenvalue weighted by Crippen LogP contribution is -2.31. The highest BCUT2D eigenvalue weighted by Gasteiger charge is 2.34. The van der Waals surface area contributed by atoms with Gasteiger partial charge in [-0.05, 0) is 41.2 Å². The average Bonchev–Trinajstić information content (AvgIpc) is 2.97. The van der Waals surface area contributed by atoms with Crippen molar-refractivity contribution in [3.63, 3.8) is 0 Å². The zero-order chi connectivity index (χ0) is 18.8. The molecule has 0 aromatic heterocycles. The van der Waals surface area contributed by atoms with Gasteiger partial charge in [-0.3, -0.25) is 14.5 Å². The van der Waals surface area contributed by atoms with E-state index < -0.39 is 0 Å². The standard InChI is InChI=1S/C24H21NO2/c1-17(18-11-13-20(14-12-18)19-7-3-2-4-8-19)15-16-25-23(26)21-9-5-6-10-22(21)24(25)27/h2-14,17H,15-16H2,1H3. The summed E-state index contributed by atoms with van der Waals surface area (Å²) < 4.78 is 0. The number of carbonyl (C=O) groups excluding carboxylic acids is 2. The maximum atomic E-state index is 12.5. The van der Waals surface area contributed by atoms with Crippen LogP contribution < -0.4 is 0 Å². The maximum absolute atomic E-state index is 12.5. The van der Waals surface area contributed by atoms with Crippen LogP contribution in [-0.2, 0) is 0 Å². The molecule has 0 aliphatic carbocycles. The van der Waals surface area contributed by atoms with Crippen LogP contribution in [-0.4, -0.2) is 23.3 Å². The molecule has 0 bridgehead atoms. The Kier molecular flexibility index (Phi) is 4.59. The third-order valence-electron chi connectivity index (χ3n) is 5.25. The number of carbonyl (C=O) groups is 2. The van der Waals surface area contributed by atoms with Crippen LogP contribution in [0.4, 0.5) is 0 Å². The van der Waals surface area contributed by atoms with Gasteiger partial charge in [-0.2, -0.15) is 0 Å². The first-order chi connectivity index (χ1) is 13.1. The van der Waals surface area contributed by atoms with Crippen molar-refractivity contribution in [3.8, 4) is 11.1 Å². The van der Waals surface area contributed by atoms with Gasteiger partial charge in [0, 0.05) is 6.54 Å². The molecule has 0 radical (unpaired) electrons. The summed E-state index contributed by atoms with van der Waals surface area (Å²) in [5, 5.41) is 0. The molecule has 1 heterocycles. The SMILES string of the molecule is CC(CCN1C(=O)c2ccccc2C1=O)c1ccc(-c2ccccc2)cc1. The molecule has 1 unspecified atom stereocenters. The summed E-state index contributed by atoms with van der Waals surface area (Å²) in [6.45, 7) is 2.57. The van der Waals surface area contributed by atoms with E-state index in [1.807, 2.05) is 18.2 Å². The van der Waals surface area contributed by atoms with E-state index in [-0.39, 0.29) is 17.7 Å². The number of imide groups is 1. The Morgan fingerprint density at radius 1 is 0.704 bits per heavy atom. The lowest BCUT2D eigenvalue weighted by Gasteiger charge is -2.18. The number of nitrogens with zero attached hydrogens (tertiary/aromatic N) is 1. The van der Waals surface area contributed by atoms with Crippen LogP contribution in [0.5, 0.6) is 0 Å². The lowest BCUT2D eigenvalue weighted by molar-refractivity contribution is 0.0650. The van der Waals surface area contributed by atoms with E-state index in [0.29, 0.717) is 17.7 Å². The van der Waals surface area contributed by atoms with Gasteiger partial charge in [0.25, 0.3) is 11.8 Å². The molecule has 3 aromatic carbocycles. The molecule has 0 fully saturated rings. The fourth-order valence-electron chi connectivity index (χ4n) is 3.57. The Balaban J connectivity index is 1.42. The van der Waals surface area contributed by atoms with Crippen LogP contribution >= 0.6 is 0 Å². The van der Waals surface area contributed by atoms with E-state index in [0.717, 1.165) is 6.42 Å². The van der Waals surface area contributed by atoms with Crippen molar-refractivity contribution in [2.24, 2.45) is 0 Å². The van der Waals surface area contributed by atoms with Crippen molar-refractivity contribution in [3.05, 3.63) is 95.6 Å². The average molecular weight is 355 g/mol. The molecular weight excluding hydrogens is 334 g/mol. The quantitative estimate of drug-likeness (QED) is 0.594. The Morgan fingerprint density at radius 2 is 1.22 bits per heavy atom. The Morgan fingerprint density at radius 3 is 1.81 bits per heavy atom. The Hall–Kier alpha value is -3.20. The van der Waals surface area contributed by atoms with Crippen LogP contribution in [0.1, 0.15) is 45.5 Å². The van der Waals surface area contributed by atoms with Crippen LogP contribution in [0.3, 0.4) is 0 Å². The van der Waals surface area contributed by atoms with Gasteiger partial charge in [0.15, 0.2) is 0 Å². The van der Waals surface area contributed by atoms with E-state index >= 15 is 0 Å². The molecule has 0 saturated carbocycles. The van der Waals surface area contributed by atoms with Crippen LogP contribution in [0.15, 0.2) is 78.9 Å². The van der Waals surface area contributed by atoms with E-state index in [4.69, 9.17) is 0 Å². The minimum absolute atomic E-state index is 0.178. The largest absolute Gasteiger partial charge is 0.274 e. The fourth-order valence-corrected chi connectivity index (χ4v) is 3.57. The van der Waals surface area contributed by atoms with Crippen LogP contribution in [0, 0.1) is 0 Å². The van der Waals surface area contributed by atoms with Gasteiger partial charge in [0.05, 0.1) is 11.1 Å². The van der Waals surface area contributed by atoms with E-state index in [1.54, 1.807) is 24.3 Å². The molecule has 27 heavy (non-hydrogen) atoms. The molecule has 3 heteroatoms. The molecule has 4 rings (SSSR count). The topological polar surface area (TPSA) is 37.4 Å². The number of benzene rings is 3. The van der Waals surface area contributed by atoms with Crippen molar-refractivity contribution < 1.29 is 9.59 Å². The molecule has 0 saturated heterocycles. The minimum atomic E-state index is -0.178. The molecule has 3 aromatic rings. The fraction of sp³-hybridized carbons (Fsp3) is 0.167. The van der Waals surface area contributed by atoms with Gasteiger partial charge >= 0.3 is 0 Å². The number of rotatable bonds is 5. The van der Waals surface area contributed by atoms with E-state index in [2.05, 4.69) is 43.3 Å². The second-order valence-electron chi connectivity index (χ2n) is 6.99. The number of hydrogen-bond acceptors (Lipinski definition) is 2. The zero-order valence-corrected chi connectivity index (χ0v) is 15.3. The number of hydrogen-bond donors (Lipinski definition) is 0. The summed E-state index contributed by atoms with van der Waals surface area (Å²) >= 11 is 0. The summed E-state index contributed by atoms with van der Waals surface area (Å²) in [5.74, 6) is -0.0939. The van der Waals surface area contributed by atoms with Gasteiger partial charge in [-0.1, -0.05) is 73.7 Å². The van der Waals surface area contributed by atoms with Crippen molar-refractivity contribution in [1.29, 1.82) is 0 Å². The minimum Gasteiger partial charge on any atom is -0.274 e. The van der Waals surface area contributed by atoms with Crippen LogP contribution in [0.25, 0.3) is 11.1 Å². The third kappa shape index (κ3) is 3.28. The summed E-state index contributed by atoms with van der Waals surface area (Å²) in [5.41, 5.74) is 4.63. The second-order valence-corrected chi connectivity index (χ2v) is 6.99. The summed E-state index contributed by atoms with van der Waals surface area (Å²) in [6.07, 6.45) is 0.746. The van der Waals surface area contributed by atoms with Crippen molar-refractivity contribution in [2.45, 2.75) is 19.3 Å². The zero-order valence-electron chi connectivity index (χ0n) is 15.3. The maximum Gasteiger partial charge on any atom is 0.261 e. The highest BCUT2D eigenvalue weighted by atomic mass is 16.2. The molecule has 1 aliphatic heterocycles. The highest BCUT2D eigenvalue weighted by molar-refractivity contribution is 6.21. The first-order valence-corrected chi connectivity index (χ1v) is 9.26. The van der Waals surface area contributed by atoms with Crippen LogP contribution in [0.2, 0.25) is 0 Å². The lowest BCUT2D eigenvalue weighted by atomic mass is 9.95. The molecular formula is C24H21NO2. The van der Waals surface area contributed by atoms with Gasteiger partial charge in [0.1, 0.15) is 0 Å². The Labute approximate surface area is 159 Å². The summed E-state index contributed by atoms with van der Waals surface area (Å²) in [6, 6.07) is 25.8. The smallest absolute Gasteiger partial charge is 0.261 e. The third-order valence-corrected chi connectivity index (χ3v) is 5.25. The van der Waals surface area contributed by atoms with Gasteiger partial charge < -0.3 is 0 Å². The number of fused-ring (bicyclic) bond motifs is 1. The summed E-state index contributed by atoms with van der Waals surface area (Å²) in [4.78, 5) is 26.3. The predicted octanol–water partition coefficient (Wildman–Crippen LogP) is 5.14. The first-order valence-electron chi connectivity index (χ1n) is 9.26. The molecule has 3 nitrogen and oxygen atoms in total. The van der Waals surface area contributed by atoms with Crippen molar-refractivity contribution in [1.82, 2.24) is 4.90 Å². The van der Waals surface area contributed by atoms with Crippen molar-refractivity contribution >= 4 is 11.8 Å². The summed E-state index contributed by atoms with van der Waals surface area (Å²) in [7, 11) is 0. The molecule has 0 N–H and O–H groups in total. The normalized spacial score (nSPS) is 14.3. The highest BCUT2D eigenvalue weighted by Crippen LogP contribution is 2.27. The first kappa shape index (κ1) is 17.2. The molecule has 0 spiro atoms. The van der Waals surface area contributed by atoms with E-state index in [9.17, 15) is 9.59 Å². The number of amides is 2.